The van der Waals surface area contributed by atoms with E-state index in [4.69, 9.17) is 0 Å². The van der Waals surface area contributed by atoms with E-state index in [-0.39, 0.29) is 0 Å². The molecule has 1 aromatic carbocycles. The number of fused-ring (bicyclic) bond motifs is 1. The maximum Gasteiger partial charge on any atom is 0.0349 e. The van der Waals surface area contributed by atoms with Gasteiger partial charge in [-0.2, -0.15) is 0 Å². The smallest absolute Gasteiger partial charge is 0.0349 e. The number of pyridine rings is 1. The zero-order chi connectivity index (χ0) is 15.5. The van der Waals surface area contributed by atoms with Crippen molar-refractivity contribution in [2.45, 2.75) is 47.1 Å². The third-order valence-electron chi connectivity index (χ3n) is 4.61. The van der Waals surface area contributed by atoms with Gasteiger partial charge in [-0.25, -0.2) is 0 Å². The van der Waals surface area contributed by atoms with E-state index >= 15 is 0 Å². The van der Waals surface area contributed by atoms with Crippen LogP contribution < -0.4 is 5.32 Å². The molecule has 0 aliphatic heterocycles. The molecule has 1 N–H and O–H groups in total. The van der Waals surface area contributed by atoms with Crippen LogP contribution in [0, 0.1) is 11.3 Å². The van der Waals surface area contributed by atoms with Gasteiger partial charge in [-0.3, -0.25) is 4.98 Å². The Balaban J connectivity index is 2.36. The van der Waals surface area contributed by atoms with Crippen molar-refractivity contribution in [2.75, 3.05) is 6.54 Å². The van der Waals surface area contributed by atoms with Crippen molar-refractivity contribution in [3.8, 4) is 0 Å². The third-order valence-corrected chi connectivity index (χ3v) is 4.61. The molecule has 2 aromatic rings. The molecule has 2 heteroatoms. The van der Waals surface area contributed by atoms with Gasteiger partial charge in [0.25, 0.3) is 0 Å². The highest BCUT2D eigenvalue weighted by molar-refractivity contribution is 5.85. The first kappa shape index (κ1) is 16.0. The maximum absolute atomic E-state index is 4.32. The Morgan fingerprint density at radius 3 is 2.62 bits per heavy atom. The Morgan fingerprint density at radius 1 is 1.19 bits per heavy atom. The van der Waals surface area contributed by atoms with Crippen molar-refractivity contribution in [2.24, 2.45) is 11.3 Å². The van der Waals surface area contributed by atoms with Crippen LogP contribution in [0.1, 0.15) is 52.6 Å². The lowest BCUT2D eigenvalue weighted by Crippen LogP contribution is -2.27. The van der Waals surface area contributed by atoms with Crippen LogP contribution in [0.4, 0.5) is 0 Å². The molecule has 0 radical (unpaired) electrons. The predicted molar refractivity (Wildman–Crippen MR) is 91.4 cm³/mol. The summed E-state index contributed by atoms with van der Waals surface area (Å²) in [6.07, 6.45) is 5.01. The normalized spacial score (nSPS) is 15.1. The SMILES string of the molecule is CCNC(CC(C)C(C)(C)C)c1cccc2ccncc12. The van der Waals surface area contributed by atoms with Crippen molar-refractivity contribution in [1.82, 2.24) is 10.3 Å². The molecular weight excluding hydrogens is 256 g/mol. The van der Waals surface area contributed by atoms with Gasteiger partial charge < -0.3 is 5.32 Å². The van der Waals surface area contributed by atoms with Crippen molar-refractivity contribution < 1.29 is 0 Å². The predicted octanol–water partition coefficient (Wildman–Crippen LogP) is 4.96. The van der Waals surface area contributed by atoms with E-state index < -0.39 is 0 Å². The first-order valence-electron chi connectivity index (χ1n) is 7.99. The minimum atomic E-state index is 0.330. The van der Waals surface area contributed by atoms with Crippen molar-refractivity contribution in [3.63, 3.8) is 0 Å². The van der Waals surface area contributed by atoms with Crippen LogP contribution in [0.3, 0.4) is 0 Å². The molecule has 2 nitrogen and oxygen atoms in total. The fourth-order valence-corrected chi connectivity index (χ4v) is 2.71. The van der Waals surface area contributed by atoms with E-state index in [9.17, 15) is 0 Å². The molecule has 1 heterocycles. The minimum Gasteiger partial charge on any atom is -0.310 e. The van der Waals surface area contributed by atoms with Gasteiger partial charge in [-0.05, 0) is 41.3 Å². The minimum absolute atomic E-state index is 0.330. The largest absolute Gasteiger partial charge is 0.310 e. The van der Waals surface area contributed by atoms with Gasteiger partial charge in [-0.1, -0.05) is 52.8 Å². The first-order valence-corrected chi connectivity index (χ1v) is 7.99. The second-order valence-corrected chi connectivity index (χ2v) is 7.06. The molecular formula is C19H28N2. The van der Waals surface area contributed by atoms with Gasteiger partial charge in [0.2, 0.25) is 0 Å². The fourth-order valence-electron chi connectivity index (χ4n) is 2.71. The number of hydrogen-bond acceptors (Lipinski definition) is 2. The number of nitrogens with one attached hydrogen (secondary N) is 1. The second kappa shape index (κ2) is 6.57. The molecule has 2 atom stereocenters. The van der Waals surface area contributed by atoms with E-state index in [2.05, 4.69) is 69.2 Å². The van der Waals surface area contributed by atoms with Gasteiger partial charge in [0.05, 0.1) is 0 Å². The standard InChI is InChI=1S/C19H28N2/c1-6-21-18(12-14(2)19(3,4)5)16-9-7-8-15-10-11-20-13-17(15)16/h7-11,13-14,18,21H,6,12H2,1-5H3. The van der Waals surface area contributed by atoms with Crippen LogP contribution in [-0.4, -0.2) is 11.5 Å². The quantitative estimate of drug-likeness (QED) is 0.839. The van der Waals surface area contributed by atoms with Crippen LogP contribution in [0.2, 0.25) is 0 Å². The van der Waals surface area contributed by atoms with E-state index in [0.717, 1.165) is 13.0 Å². The van der Waals surface area contributed by atoms with Gasteiger partial charge in [0.1, 0.15) is 0 Å². The molecule has 0 saturated carbocycles. The summed E-state index contributed by atoms with van der Waals surface area (Å²) in [5, 5.41) is 6.21. The summed E-state index contributed by atoms with van der Waals surface area (Å²) >= 11 is 0. The van der Waals surface area contributed by atoms with Crippen LogP contribution in [0.5, 0.6) is 0 Å². The lowest BCUT2D eigenvalue weighted by atomic mass is 9.77. The lowest BCUT2D eigenvalue weighted by molar-refractivity contribution is 0.224. The summed E-state index contributed by atoms with van der Waals surface area (Å²) < 4.78 is 0. The van der Waals surface area contributed by atoms with Crippen molar-refractivity contribution in [1.29, 1.82) is 0 Å². The highest BCUT2D eigenvalue weighted by Crippen LogP contribution is 2.35. The number of aromatic nitrogens is 1. The van der Waals surface area contributed by atoms with Gasteiger partial charge in [-0.15, -0.1) is 0 Å². The number of hydrogen-bond donors (Lipinski definition) is 1. The molecule has 0 fully saturated rings. The molecule has 0 bridgehead atoms. The summed E-state index contributed by atoms with van der Waals surface area (Å²) in [6.45, 7) is 12.5. The number of nitrogens with zero attached hydrogens (tertiary/aromatic N) is 1. The Labute approximate surface area is 129 Å². The molecule has 0 saturated heterocycles. The van der Waals surface area contributed by atoms with Gasteiger partial charge in [0, 0.05) is 23.8 Å². The van der Waals surface area contributed by atoms with E-state index in [1.807, 2.05) is 12.4 Å². The van der Waals surface area contributed by atoms with Crippen LogP contribution >= 0.6 is 0 Å². The maximum atomic E-state index is 4.32. The molecule has 0 aliphatic rings. The highest BCUT2D eigenvalue weighted by Gasteiger charge is 2.24. The van der Waals surface area contributed by atoms with E-state index in [1.54, 1.807) is 0 Å². The summed E-state index contributed by atoms with van der Waals surface area (Å²) in [5.41, 5.74) is 1.70. The average Bonchev–Trinajstić information content (AvgIpc) is 2.45. The van der Waals surface area contributed by atoms with Crippen LogP contribution in [-0.2, 0) is 0 Å². The molecule has 2 unspecified atom stereocenters. The van der Waals surface area contributed by atoms with Crippen molar-refractivity contribution >= 4 is 10.8 Å². The molecule has 0 spiro atoms. The molecule has 0 amide bonds. The van der Waals surface area contributed by atoms with E-state index in [0.29, 0.717) is 17.4 Å². The Morgan fingerprint density at radius 2 is 1.95 bits per heavy atom. The van der Waals surface area contributed by atoms with Gasteiger partial charge in [0.15, 0.2) is 0 Å². The molecule has 21 heavy (non-hydrogen) atoms. The lowest BCUT2D eigenvalue weighted by Gasteiger charge is -2.31. The first-order chi connectivity index (χ1) is 9.93. The second-order valence-electron chi connectivity index (χ2n) is 7.06. The number of rotatable bonds is 5. The number of benzene rings is 1. The highest BCUT2D eigenvalue weighted by atomic mass is 14.9. The molecule has 114 valence electrons. The summed E-state index contributed by atoms with van der Waals surface area (Å²) in [4.78, 5) is 4.32. The molecule has 1 aromatic heterocycles. The Kier molecular flexibility index (Phi) is 5.00. The van der Waals surface area contributed by atoms with E-state index in [1.165, 1.54) is 16.3 Å². The zero-order valence-electron chi connectivity index (χ0n) is 14.0. The monoisotopic (exact) mass is 284 g/mol. The molecule has 2 rings (SSSR count). The summed E-state index contributed by atoms with van der Waals surface area (Å²) in [6, 6.07) is 9.04. The Hall–Kier alpha value is -1.41. The van der Waals surface area contributed by atoms with Crippen molar-refractivity contribution in [3.05, 3.63) is 42.2 Å². The topological polar surface area (TPSA) is 24.9 Å². The zero-order valence-corrected chi connectivity index (χ0v) is 14.0. The summed E-state index contributed by atoms with van der Waals surface area (Å²) in [5.74, 6) is 0.647. The third kappa shape index (κ3) is 3.82. The molecule has 0 aliphatic carbocycles. The average molecular weight is 284 g/mol. The van der Waals surface area contributed by atoms with Gasteiger partial charge >= 0.3 is 0 Å². The van der Waals surface area contributed by atoms with Crippen LogP contribution in [0.15, 0.2) is 36.7 Å². The fraction of sp³-hybridized carbons (Fsp3) is 0.526. The Bertz CT molecular complexity index is 578. The van der Waals surface area contributed by atoms with Crippen LogP contribution in [0.25, 0.3) is 10.8 Å². The summed E-state index contributed by atoms with van der Waals surface area (Å²) in [7, 11) is 0.